The number of aliphatic carboxylic acids is 1. The van der Waals surface area contributed by atoms with E-state index in [1.807, 2.05) is 84.9 Å². The summed E-state index contributed by atoms with van der Waals surface area (Å²) in [6.45, 7) is 0. The van der Waals surface area contributed by atoms with Crippen LogP contribution in [-0.4, -0.2) is 11.1 Å². The molecule has 0 saturated heterocycles. The highest BCUT2D eigenvalue weighted by Gasteiger charge is 2.24. The molecule has 6 aromatic rings. The maximum Gasteiger partial charge on any atom is 0.315 e. The third kappa shape index (κ3) is 2.44. The van der Waals surface area contributed by atoms with Crippen molar-refractivity contribution in [2.45, 2.75) is 5.92 Å². The van der Waals surface area contributed by atoms with E-state index in [0.29, 0.717) is 11.1 Å². The Labute approximate surface area is 170 Å². The highest BCUT2D eigenvalue weighted by Crippen LogP contribution is 2.36. The van der Waals surface area contributed by atoms with Crippen molar-refractivity contribution in [3.05, 3.63) is 96.1 Å². The van der Waals surface area contributed by atoms with Crippen molar-refractivity contribution in [1.29, 1.82) is 0 Å². The van der Waals surface area contributed by atoms with Crippen molar-refractivity contribution in [1.82, 2.24) is 0 Å². The number of hydrogen-bond acceptors (Lipinski definition) is 3. The third-order valence-corrected chi connectivity index (χ3v) is 5.72. The van der Waals surface area contributed by atoms with Crippen molar-refractivity contribution in [3.63, 3.8) is 0 Å². The van der Waals surface area contributed by atoms with Crippen molar-refractivity contribution in [2.75, 3.05) is 0 Å². The quantitative estimate of drug-likeness (QED) is 0.364. The van der Waals surface area contributed by atoms with Gasteiger partial charge in [-0.25, -0.2) is 0 Å². The van der Waals surface area contributed by atoms with E-state index in [1.165, 1.54) is 0 Å². The molecular formula is C26H16O4. The SMILES string of the molecule is O=C(O)C(c1ccc2oc3ccccc3c2c1)c1ccc2oc3ccccc3c2c1. The molecule has 4 aromatic carbocycles. The molecule has 1 N–H and O–H groups in total. The van der Waals surface area contributed by atoms with E-state index in [1.54, 1.807) is 0 Å². The third-order valence-electron chi connectivity index (χ3n) is 5.72. The molecule has 0 radical (unpaired) electrons. The van der Waals surface area contributed by atoms with E-state index >= 15 is 0 Å². The summed E-state index contributed by atoms with van der Waals surface area (Å²) in [5, 5.41) is 13.9. The van der Waals surface area contributed by atoms with Gasteiger partial charge in [0.15, 0.2) is 0 Å². The molecule has 4 heteroatoms. The first-order chi connectivity index (χ1) is 14.7. The second kappa shape index (κ2) is 6.22. The zero-order chi connectivity index (χ0) is 20.2. The second-order valence-corrected chi connectivity index (χ2v) is 7.48. The van der Waals surface area contributed by atoms with Gasteiger partial charge in [0.25, 0.3) is 0 Å². The molecule has 0 fully saturated rings. The number of para-hydroxylation sites is 2. The highest BCUT2D eigenvalue weighted by atomic mass is 16.4. The topological polar surface area (TPSA) is 63.6 Å². The van der Waals surface area contributed by atoms with Crippen molar-refractivity contribution < 1.29 is 18.7 Å². The normalized spacial score (nSPS) is 11.9. The minimum Gasteiger partial charge on any atom is -0.481 e. The standard InChI is InChI=1S/C26H16O4/c27-26(28)25(15-9-11-23-19(13-15)17-5-1-3-7-21(17)29-23)16-10-12-24-20(14-16)18-6-2-4-8-22(18)30-24/h1-14,25H,(H,27,28). The van der Waals surface area contributed by atoms with E-state index in [2.05, 4.69) is 0 Å². The fourth-order valence-electron chi connectivity index (χ4n) is 4.32. The molecule has 0 aliphatic rings. The number of rotatable bonds is 3. The van der Waals surface area contributed by atoms with Crippen LogP contribution in [0.2, 0.25) is 0 Å². The van der Waals surface area contributed by atoms with Gasteiger partial charge in [-0.05, 0) is 47.5 Å². The lowest BCUT2D eigenvalue weighted by molar-refractivity contribution is -0.137. The van der Waals surface area contributed by atoms with Crippen LogP contribution in [0, 0.1) is 0 Å². The van der Waals surface area contributed by atoms with Crippen LogP contribution in [0.5, 0.6) is 0 Å². The van der Waals surface area contributed by atoms with Crippen LogP contribution in [0.15, 0.2) is 93.8 Å². The number of carboxylic acids is 1. The van der Waals surface area contributed by atoms with Crippen LogP contribution in [0.1, 0.15) is 17.0 Å². The molecule has 0 bridgehead atoms. The number of fused-ring (bicyclic) bond motifs is 6. The smallest absolute Gasteiger partial charge is 0.315 e. The average molecular weight is 392 g/mol. The van der Waals surface area contributed by atoms with Crippen LogP contribution >= 0.6 is 0 Å². The summed E-state index contributed by atoms with van der Waals surface area (Å²) in [5.74, 6) is -1.68. The summed E-state index contributed by atoms with van der Waals surface area (Å²) in [4.78, 5) is 12.3. The van der Waals surface area contributed by atoms with Gasteiger partial charge >= 0.3 is 5.97 Å². The zero-order valence-electron chi connectivity index (χ0n) is 15.8. The summed E-state index contributed by atoms with van der Waals surface area (Å²) < 4.78 is 11.8. The van der Waals surface area contributed by atoms with Crippen LogP contribution in [0.3, 0.4) is 0 Å². The monoisotopic (exact) mass is 392 g/mol. The number of benzene rings is 4. The van der Waals surface area contributed by atoms with Gasteiger partial charge in [0.1, 0.15) is 28.2 Å². The Morgan fingerprint density at radius 1 is 0.600 bits per heavy atom. The first-order valence-corrected chi connectivity index (χ1v) is 9.74. The fourth-order valence-corrected chi connectivity index (χ4v) is 4.32. The Hall–Kier alpha value is -4.05. The highest BCUT2D eigenvalue weighted by molar-refractivity contribution is 6.06. The maximum absolute atomic E-state index is 12.3. The van der Waals surface area contributed by atoms with Crippen LogP contribution in [-0.2, 0) is 4.79 Å². The molecule has 4 nitrogen and oxygen atoms in total. The predicted octanol–water partition coefficient (Wildman–Crippen LogP) is 6.70. The van der Waals surface area contributed by atoms with E-state index in [-0.39, 0.29) is 0 Å². The summed E-state index contributed by atoms with van der Waals surface area (Å²) in [5.41, 5.74) is 4.52. The number of hydrogen-bond donors (Lipinski definition) is 1. The molecule has 0 unspecified atom stereocenters. The molecule has 0 atom stereocenters. The molecular weight excluding hydrogens is 376 g/mol. The lowest BCUT2D eigenvalue weighted by Crippen LogP contribution is -2.13. The van der Waals surface area contributed by atoms with Crippen LogP contribution < -0.4 is 0 Å². The van der Waals surface area contributed by atoms with E-state index in [9.17, 15) is 9.90 Å². The summed E-state index contributed by atoms with van der Waals surface area (Å²) in [6.07, 6.45) is 0. The minimum absolute atomic E-state index is 0.716. The lowest BCUT2D eigenvalue weighted by atomic mass is 9.89. The van der Waals surface area contributed by atoms with Gasteiger partial charge in [-0.3, -0.25) is 4.79 Å². The minimum atomic E-state index is -0.894. The van der Waals surface area contributed by atoms with Gasteiger partial charge in [0, 0.05) is 21.5 Å². The lowest BCUT2D eigenvalue weighted by Gasteiger charge is -2.13. The first-order valence-electron chi connectivity index (χ1n) is 9.74. The van der Waals surface area contributed by atoms with Crippen molar-refractivity contribution in [2.24, 2.45) is 0 Å². The molecule has 2 heterocycles. The Morgan fingerprint density at radius 3 is 1.50 bits per heavy atom. The van der Waals surface area contributed by atoms with Gasteiger partial charge in [-0.1, -0.05) is 48.5 Å². The first kappa shape index (κ1) is 16.9. The van der Waals surface area contributed by atoms with Gasteiger partial charge in [-0.15, -0.1) is 0 Å². The van der Waals surface area contributed by atoms with Crippen LogP contribution in [0.25, 0.3) is 43.9 Å². The number of furan rings is 2. The Morgan fingerprint density at radius 2 is 1.03 bits per heavy atom. The van der Waals surface area contributed by atoms with Gasteiger partial charge in [0.2, 0.25) is 0 Å². The molecule has 0 amide bonds. The molecule has 30 heavy (non-hydrogen) atoms. The average Bonchev–Trinajstić information content (AvgIpc) is 3.31. The van der Waals surface area contributed by atoms with Crippen LogP contribution in [0.4, 0.5) is 0 Å². The van der Waals surface area contributed by atoms with Crippen molar-refractivity contribution in [3.8, 4) is 0 Å². The van der Waals surface area contributed by atoms with Gasteiger partial charge in [-0.2, -0.15) is 0 Å². The molecule has 6 rings (SSSR count). The van der Waals surface area contributed by atoms with E-state index in [0.717, 1.165) is 43.9 Å². The Kier molecular flexibility index (Phi) is 3.50. The zero-order valence-corrected chi connectivity index (χ0v) is 15.8. The summed E-state index contributed by atoms with van der Waals surface area (Å²) in [6, 6.07) is 26.8. The maximum atomic E-state index is 12.3. The summed E-state index contributed by atoms with van der Waals surface area (Å²) in [7, 11) is 0. The molecule has 0 spiro atoms. The number of carboxylic acid groups (broad SMARTS) is 1. The van der Waals surface area contributed by atoms with E-state index in [4.69, 9.17) is 8.83 Å². The number of carbonyl (C=O) groups is 1. The van der Waals surface area contributed by atoms with Gasteiger partial charge < -0.3 is 13.9 Å². The van der Waals surface area contributed by atoms with Crippen molar-refractivity contribution >= 4 is 49.8 Å². The molecule has 144 valence electrons. The summed E-state index contributed by atoms with van der Waals surface area (Å²) >= 11 is 0. The molecule has 2 aromatic heterocycles. The Balaban J connectivity index is 1.56. The fraction of sp³-hybridized carbons (Fsp3) is 0.0385. The van der Waals surface area contributed by atoms with E-state index < -0.39 is 11.9 Å². The molecule has 0 aliphatic heterocycles. The molecule has 0 saturated carbocycles. The predicted molar refractivity (Wildman–Crippen MR) is 117 cm³/mol. The Bertz CT molecular complexity index is 1470. The van der Waals surface area contributed by atoms with Gasteiger partial charge in [0.05, 0.1) is 0 Å². The largest absolute Gasteiger partial charge is 0.481 e. The molecule has 0 aliphatic carbocycles. The second-order valence-electron chi connectivity index (χ2n) is 7.48.